The molecule has 0 saturated heterocycles. The molecular formula is C17H23NO. The molecule has 0 radical (unpaired) electrons. The Hall–Kier alpha value is -1.31. The van der Waals surface area contributed by atoms with Crippen LogP contribution < -0.4 is 4.90 Å². The van der Waals surface area contributed by atoms with Crippen LogP contribution in [0.25, 0.3) is 0 Å². The highest BCUT2D eigenvalue weighted by molar-refractivity contribution is 5.82. The molecule has 2 heteroatoms. The highest BCUT2D eigenvalue weighted by atomic mass is 16.1. The van der Waals surface area contributed by atoms with Crippen molar-refractivity contribution in [2.24, 2.45) is 5.92 Å². The molecule has 0 N–H and O–H groups in total. The van der Waals surface area contributed by atoms with Crippen molar-refractivity contribution >= 4 is 11.5 Å². The van der Waals surface area contributed by atoms with E-state index in [0.29, 0.717) is 11.7 Å². The van der Waals surface area contributed by atoms with Crippen molar-refractivity contribution in [2.45, 2.75) is 44.9 Å². The van der Waals surface area contributed by atoms with Gasteiger partial charge in [0.2, 0.25) is 0 Å². The van der Waals surface area contributed by atoms with Crippen LogP contribution in [-0.2, 0) is 11.2 Å². The monoisotopic (exact) mass is 257 g/mol. The van der Waals surface area contributed by atoms with E-state index in [2.05, 4.69) is 29.2 Å². The highest BCUT2D eigenvalue weighted by Crippen LogP contribution is 2.29. The zero-order chi connectivity index (χ0) is 13.1. The molecule has 1 heterocycles. The van der Waals surface area contributed by atoms with Gasteiger partial charge in [-0.2, -0.15) is 0 Å². The zero-order valence-electron chi connectivity index (χ0n) is 11.6. The third-order valence-electron chi connectivity index (χ3n) is 4.64. The number of ketones is 1. The summed E-state index contributed by atoms with van der Waals surface area (Å²) < 4.78 is 0. The first-order valence-electron chi connectivity index (χ1n) is 7.70. The second-order valence-electron chi connectivity index (χ2n) is 5.92. The third-order valence-corrected chi connectivity index (χ3v) is 4.64. The fourth-order valence-corrected chi connectivity index (χ4v) is 3.51. The molecule has 1 fully saturated rings. The molecule has 19 heavy (non-hydrogen) atoms. The van der Waals surface area contributed by atoms with Crippen molar-refractivity contribution in [3.63, 3.8) is 0 Å². The Balaban J connectivity index is 1.68. The van der Waals surface area contributed by atoms with Gasteiger partial charge in [0.25, 0.3) is 0 Å². The molecule has 3 rings (SSSR count). The number of benzene rings is 1. The summed E-state index contributed by atoms with van der Waals surface area (Å²) in [5, 5.41) is 0. The van der Waals surface area contributed by atoms with Crippen molar-refractivity contribution in [2.75, 3.05) is 18.0 Å². The van der Waals surface area contributed by atoms with E-state index in [4.69, 9.17) is 0 Å². The summed E-state index contributed by atoms with van der Waals surface area (Å²) in [6, 6.07) is 8.78. The maximum Gasteiger partial charge on any atom is 0.136 e. The van der Waals surface area contributed by atoms with Gasteiger partial charge in [0.15, 0.2) is 0 Å². The number of nitrogens with zero attached hydrogens (tertiary/aromatic N) is 1. The number of carbonyl (C=O) groups is 1. The van der Waals surface area contributed by atoms with Crippen molar-refractivity contribution < 1.29 is 4.79 Å². The fraction of sp³-hybridized carbons (Fsp3) is 0.588. The molecule has 1 atom stereocenters. The number of anilines is 1. The van der Waals surface area contributed by atoms with Gasteiger partial charge in [-0.05, 0) is 50.2 Å². The van der Waals surface area contributed by atoms with E-state index in [-0.39, 0.29) is 0 Å². The Labute approximate surface area is 115 Å². The molecule has 0 aromatic heterocycles. The van der Waals surface area contributed by atoms with E-state index < -0.39 is 0 Å². The van der Waals surface area contributed by atoms with Crippen LogP contribution in [0.4, 0.5) is 5.69 Å². The van der Waals surface area contributed by atoms with Gasteiger partial charge in [-0.1, -0.05) is 18.2 Å². The number of hydrogen-bond donors (Lipinski definition) is 0. The summed E-state index contributed by atoms with van der Waals surface area (Å²) in [5.41, 5.74) is 2.89. The summed E-state index contributed by atoms with van der Waals surface area (Å²) in [6.07, 6.45) is 7.86. The first-order chi connectivity index (χ1) is 9.34. The van der Waals surface area contributed by atoms with Crippen LogP contribution in [-0.4, -0.2) is 18.9 Å². The number of Topliss-reactive ketones (excluding diaryl/α,β-unsaturated/α-hetero) is 1. The summed E-state index contributed by atoms with van der Waals surface area (Å²) in [4.78, 5) is 14.2. The standard InChI is InChI=1S/C17H23NO/c19-17-10-5-8-15(17)11-13-18-12-4-3-7-14-6-1-2-9-16(14)18/h1-2,6,9,15H,3-5,7-8,10-13H2. The number of para-hydroxylation sites is 1. The van der Waals surface area contributed by atoms with Gasteiger partial charge in [-0.25, -0.2) is 0 Å². The van der Waals surface area contributed by atoms with E-state index in [1.165, 1.54) is 30.5 Å². The molecule has 102 valence electrons. The predicted molar refractivity (Wildman–Crippen MR) is 78.6 cm³/mol. The molecule has 0 amide bonds. The SMILES string of the molecule is O=C1CCCC1CCN1CCCCc2ccccc21. The van der Waals surface area contributed by atoms with Gasteiger partial charge >= 0.3 is 0 Å². The lowest BCUT2D eigenvalue weighted by atomic mass is 10.0. The lowest BCUT2D eigenvalue weighted by Crippen LogP contribution is -2.27. The third kappa shape index (κ3) is 2.83. The second-order valence-corrected chi connectivity index (χ2v) is 5.92. The maximum atomic E-state index is 11.7. The van der Waals surface area contributed by atoms with Crippen molar-refractivity contribution in [1.29, 1.82) is 0 Å². The summed E-state index contributed by atoms with van der Waals surface area (Å²) in [7, 11) is 0. The van der Waals surface area contributed by atoms with E-state index in [1.807, 2.05) is 0 Å². The van der Waals surface area contributed by atoms with Crippen molar-refractivity contribution in [3.05, 3.63) is 29.8 Å². The molecule has 1 unspecified atom stereocenters. The van der Waals surface area contributed by atoms with Gasteiger partial charge in [-0.15, -0.1) is 0 Å². The molecule has 2 aliphatic rings. The fourth-order valence-electron chi connectivity index (χ4n) is 3.51. The Morgan fingerprint density at radius 1 is 1.11 bits per heavy atom. The number of rotatable bonds is 3. The van der Waals surface area contributed by atoms with E-state index in [1.54, 1.807) is 0 Å². The molecular weight excluding hydrogens is 234 g/mol. The molecule has 1 aromatic carbocycles. The molecule has 0 bridgehead atoms. The summed E-state index contributed by atoms with van der Waals surface area (Å²) >= 11 is 0. The maximum absolute atomic E-state index is 11.7. The van der Waals surface area contributed by atoms with Crippen molar-refractivity contribution in [1.82, 2.24) is 0 Å². The molecule has 2 nitrogen and oxygen atoms in total. The molecule has 1 aromatic rings. The average Bonchev–Trinajstić information content (AvgIpc) is 2.73. The Bertz CT molecular complexity index is 454. The van der Waals surface area contributed by atoms with Crippen molar-refractivity contribution in [3.8, 4) is 0 Å². The van der Waals surface area contributed by atoms with Crippen LogP contribution in [0.5, 0.6) is 0 Å². The van der Waals surface area contributed by atoms with Crippen LogP contribution in [0.15, 0.2) is 24.3 Å². The molecule has 1 saturated carbocycles. The normalized spacial score (nSPS) is 23.3. The Morgan fingerprint density at radius 2 is 2.00 bits per heavy atom. The molecule has 1 aliphatic heterocycles. The van der Waals surface area contributed by atoms with Crippen LogP contribution in [0, 0.1) is 5.92 Å². The van der Waals surface area contributed by atoms with E-state index in [9.17, 15) is 4.79 Å². The topological polar surface area (TPSA) is 20.3 Å². The number of aryl methyl sites for hydroxylation is 1. The van der Waals surface area contributed by atoms with Crippen LogP contribution >= 0.6 is 0 Å². The minimum atomic E-state index is 0.343. The van der Waals surface area contributed by atoms with Gasteiger partial charge in [0, 0.05) is 31.1 Å². The summed E-state index contributed by atoms with van der Waals surface area (Å²) in [6.45, 7) is 2.20. The number of fused-ring (bicyclic) bond motifs is 1. The quantitative estimate of drug-likeness (QED) is 0.824. The van der Waals surface area contributed by atoms with Gasteiger partial charge in [0.1, 0.15) is 5.78 Å². The minimum absolute atomic E-state index is 0.343. The molecule has 0 spiro atoms. The van der Waals surface area contributed by atoms with Gasteiger partial charge in [0.05, 0.1) is 0 Å². The Kier molecular flexibility index (Phi) is 3.86. The minimum Gasteiger partial charge on any atom is -0.371 e. The lowest BCUT2D eigenvalue weighted by Gasteiger charge is -2.26. The first-order valence-corrected chi connectivity index (χ1v) is 7.70. The van der Waals surface area contributed by atoms with E-state index >= 15 is 0 Å². The largest absolute Gasteiger partial charge is 0.371 e. The second kappa shape index (κ2) is 5.77. The Morgan fingerprint density at radius 3 is 2.84 bits per heavy atom. The lowest BCUT2D eigenvalue weighted by molar-refractivity contribution is -0.120. The number of hydrogen-bond acceptors (Lipinski definition) is 2. The summed E-state index contributed by atoms with van der Waals surface area (Å²) in [5.74, 6) is 0.846. The van der Waals surface area contributed by atoms with Crippen LogP contribution in [0.1, 0.15) is 44.1 Å². The zero-order valence-corrected chi connectivity index (χ0v) is 11.6. The van der Waals surface area contributed by atoms with Gasteiger partial charge in [-0.3, -0.25) is 4.79 Å². The van der Waals surface area contributed by atoms with Crippen LogP contribution in [0.2, 0.25) is 0 Å². The first kappa shape index (κ1) is 12.7. The molecule has 1 aliphatic carbocycles. The van der Waals surface area contributed by atoms with Crippen LogP contribution in [0.3, 0.4) is 0 Å². The average molecular weight is 257 g/mol. The number of carbonyl (C=O) groups excluding carboxylic acids is 1. The highest BCUT2D eigenvalue weighted by Gasteiger charge is 2.25. The van der Waals surface area contributed by atoms with Gasteiger partial charge < -0.3 is 4.90 Å². The van der Waals surface area contributed by atoms with E-state index in [0.717, 1.165) is 38.8 Å². The predicted octanol–water partition coefficient (Wildman–Crippen LogP) is 3.59. The smallest absolute Gasteiger partial charge is 0.136 e.